The highest BCUT2D eigenvalue weighted by Crippen LogP contribution is 2.29. The smallest absolute Gasteiger partial charge is 0.353 e. The highest BCUT2D eigenvalue weighted by atomic mass is 16.7. The fourth-order valence-corrected chi connectivity index (χ4v) is 3.25. The number of anilines is 1. The van der Waals surface area contributed by atoms with Crippen LogP contribution in [0.2, 0.25) is 0 Å². The van der Waals surface area contributed by atoms with Gasteiger partial charge >= 0.3 is 5.97 Å². The van der Waals surface area contributed by atoms with E-state index in [-0.39, 0.29) is 24.8 Å². The lowest BCUT2D eigenvalue weighted by molar-refractivity contribution is -0.166. The van der Waals surface area contributed by atoms with E-state index >= 15 is 0 Å². The zero-order chi connectivity index (χ0) is 21.6. The van der Waals surface area contributed by atoms with E-state index in [0.29, 0.717) is 23.4 Å². The fourth-order valence-electron chi connectivity index (χ4n) is 3.25. The number of nitrogens with zero attached hydrogens (tertiary/aromatic N) is 1. The average molecular weight is 409 g/mol. The number of nitrogens with one attached hydrogen (secondary N) is 2. The van der Waals surface area contributed by atoms with Crippen molar-refractivity contribution in [3.8, 4) is 0 Å². The predicted molar refractivity (Wildman–Crippen MR) is 111 cm³/mol. The Morgan fingerprint density at radius 1 is 1.13 bits per heavy atom. The molecule has 0 radical (unpaired) electrons. The molecule has 0 aliphatic carbocycles. The summed E-state index contributed by atoms with van der Waals surface area (Å²) in [5.41, 5.74) is 1.12. The molecule has 1 aliphatic rings. The molecule has 156 valence electrons. The minimum atomic E-state index is -1.25. The molecule has 2 N–H and O–H groups in total. The third-order valence-corrected chi connectivity index (χ3v) is 4.63. The summed E-state index contributed by atoms with van der Waals surface area (Å²) in [6, 6.07) is 16.0. The number of carbonyl (C=O) groups is 3. The van der Waals surface area contributed by atoms with Gasteiger partial charge < -0.3 is 20.2 Å². The summed E-state index contributed by atoms with van der Waals surface area (Å²) in [5, 5.41) is 9.42. The third kappa shape index (κ3) is 5.02. The van der Waals surface area contributed by atoms with E-state index < -0.39 is 11.6 Å². The molecule has 8 nitrogen and oxygen atoms in total. The molecule has 2 aromatic carbocycles. The van der Waals surface area contributed by atoms with E-state index in [1.807, 2.05) is 30.3 Å². The SMILES string of the molecule is COC(=O)C1(Cc2ccccc2)CC(CNC(=O)c2cccc(NC(C)=O)c2)=NO1. The molecule has 1 aliphatic heterocycles. The number of carbonyl (C=O) groups excluding carboxylic acids is 3. The molecule has 0 spiro atoms. The fraction of sp³-hybridized carbons (Fsp3) is 0.273. The minimum Gasteiger partial charge on any atom is -0.466 e. The summed E-state index contributed by atoms with van der Waals surface area (Å²) in [7, 11) is 1.31. The van der Waals surface area contributed by atoms with Crippen molar-refractivity contribution in [2.24, 2.45) is 5.16 Å². The van der Waals surface area contributed by atoms with E-state index in [9.17, 15) is 14.4 Å². The minimum absolute atomic E-state index is 0.122. The molecule has 1 heterocycles. The summed E-state index contributed by atoms with van der Waals surface area (Å²) in [6.07, 6.45) is 0.515. The zero-order valence-electron chi connectivity index (χ0n) is 16.8. The molecule has 8 heteroatoms. The van der Waals surface area contributed by atoms with E-state index in [0.717, 1.165) is 5.56 Å². The third-order valence-electron chi connectivity index (χ3n) is 4.63. The van der Waals surface area contributed by atoms with Crippen molar-refractivity contribution in [2.75, 3.05) is 19.0 Å². The Morgan fingerprint density at radius 2 is 1.90 bits per heavy atom. The molecule has 1 atom stereocenters. The lowest BCUT2D eigenvalue weighted by atomic mass is 9.89. The van der Waals surface area contributed by atoms with Crippen LogP contribution in [-0.4, -0.2) is 42.8 Å². The van der Waals surface area contributed by atoms with Crippen molar-refractivity contribution in [3.63, 3.8) is 0 Å². The molecule has 2 amide bonds. The van der Waals surface area contributed by atoms with Gasteiger partial charge in [-0.3, -0.25) is 9.59 Å². The summed E-state index contributed by atoms with van der Waals surface area (Å²) < 4.78 is 4.94. The van der Waals surface area contributed by atoms with Crippen LogP contribution in [0.15, 0.2) is 59.8 Å². The van der Waals surface area contributed by atoms with Crippen LogP contribution in [0, 0.1) is 0 Å². The second-order valence-corrected chi connectivity index (χ2v) is 7.02. The van der Waals surface area contributed by atoms with Gasteiger partial charge in [-0.05, 0) is 23.8 Å². The van der Waals surface area contributed by atoms with Gasteiger partial charge in [0.15, 0.2) is 0 Å². The van der Waals surface area contributed by atoms with Gasteiger partial charge in [-0.1, -0.05) is 41.6 Å². The number of benzene rings is 2. The van der Waals surface area contributed by atoms with Crippen molar-refractivity contribution in [3.05, 3.63) is 65.7 Å². The van der Waals surface area contributed by atoms with Crippen LogP contribution in [-0.2, 0) is 25.6 Å². The van der Waals surface area contributed by atoms with Crippen molar-refractivity contribution in [1.29, 1.82) is 0 Å². The maximum atomic E-state index is 12.5. The van der Waals surface area contributed by atoms with Gasteiger partial charge in [0.1, 0.15) is 0 Å². The number of methoxy groups -OCH3 is 1. The number of hydrogen-bond donors (Lipinski definition) is 2. The first-order valence-electron chi connectivity index (χ1n) is 9.44. The molecular formula is C22H23N3O5. The van der Waals surface area contributed by atoms with Gasteiger partial charge in [0.2, 0.25) is 11.5 Å². The second-order valence-electron chi connectivity index (χ2n) is 7.02. The monoisotopic (exact) mass is 409 g/mol. The Labute approximate surface area is 174 Å². The van der Waals surface area contributed by atoms with E-state index in [1.165, 1.54) is 14.0 Å². The van der Waals surface area contributed by atoms with Gasteiger partial charge in [0.05, 0.1) is 19.4 Å². The number of rotatable bonds is 7. The van der Waals surface area contributed by atoms with Gasteiger partial charge in [-0.15, -0.1) is 0 Å². The number of ether oxygens (including phenoxy) is 1. The van der Waals surface area contributed by atoms with E-state index in [1.54, 1.807) is 24.3 Å². The van der Waals surface area contributed by atoms with Gasteiger partial charge in [0.25, 0.3) is 5.91 Å². The highest BCUT2D eigenvalue weighted by molar-refractivity contribution is 6.01. The molecule has 0 saturated heterocycles. The topological polar surface area (TPSA) is 106 Å². The molecule has 0 fully saturated rings. The Bertz CT molecular complexity index is 974. The van der Waals surface area contributed by atoms with Crippen LogP contribution >= 0.6 is 0 Å². The number of amides is 2. The first-order valence-corrected chi connectivity index (χ1v) is 9.44. The summed E-state index contributed by atoms with van der Waals surface area (Å²) in [4.78, 5) is 41.6. The van der Waals surface area contributed by atoms with Gasteiger partial charge in [-0.2, -0.15) is 0 Å². The van der Waals surface area contributed by atoms with E-state index in [2.05, 4.69) is 15.8 Å². The normalized spacial score (nSPS) is 17.5. The van der Waals surface area contributed by atoms with Crippen LogP contribution in [0.5, 0.6) is 0 Å². The first kappa shape index (κ1) is 21.0. The zero-order valence-corrected chi connectivity index (χ0v) is 16.8. The molecule has 0 bridgehead atoms. The average Bonchev–Trinajstić information content (AvgIpc) is 3.16. The van der Waals surface area contributed by atoms with Crippen LogP contribution in [0.4, 0.5) is 5.69 Å². The second kappa shape index (κ2) is 9.21. The standard InChI is InChI=1S/C22H23N3O5/c1-15(26)24-18-10-6-9-17(11-18)20(27)23-14-19-13-22(30-25-19,21(28)29-2)12-16-7-4-3-5-8-16/h3-11H,12-14H2,1-2H3,(H,23,27)(H,24,26). The lowest BCUT2D eigenvalue weighted by Gasteiger charge is -2.23. The van der Waals surface area contributed by atoms with Gasteiger partial charge in [-0.25, -0.2) is 4.79 Å². The van der Waals surface area contributed by atoms with Crippen LogP contribution in [0.1, 0.15) is 29.3 Å². The Balaban J connectivity index is 1.63. The summed E-state index contributed by atoms with van der Waals surface area (Å²) in [5.74, 6) is -1.06. The molecule has 3 rings (SSSR count). The number of hydrogen-bond acceptors (Lipinski definition) is 6. The van der Waals surface area contributed by atoms with Crippen molar-refractivity contribution in [1.82, 2.24) is 5.32 Å². The Morgan fingerprint density at radius 3 is 2.60 bits per heavy atom. The lowest BCUT2D eigenvalue weighted by Crippen LogP contribution is -2.43. The molecule has 30 heavy (non-hydrogen) atoms. The predicted octanol–water partition coefficient (Wildman–Crippen LogP) is 2.31. The molecule has 0 saturated carbocycles. The van der Waals surface area contributed by atoms with Crippen molar-refractivity contribution >= 4 is 29.2 Å². The maximum absolute atomic E-state index is 12.5. The summed E-state index contributed by atoms with van der Waals surface area (Å²) in [6.45, 7) is 1.52. The highest BCUT2D eigenvalue weighted by Gasteiger charge is 2.47. The van der Waals surface area contributed by atoms with Gasteiger partial charge in [0, 0.05) is 31.0 Å². The molecule has 1 unspecified atom stereocenters. The largest absolute Gasteiger partial charge is 0.466 e. The van der Waals surface area contributed by atoms with E-state index in [4.69, 9.17) is 9.57 Å². The number of esters is 1. The van der Waals surface area contributed by atoms with Crippen molar-refractivity contribution in [2.45, 2.75) is 25.4 Å². The summed E-state index contributed by atoms with van der Waals surface area (Å²) >= 11 is 0. The first-order chi connectivity index (χ1) is 14.4. The molecule has 0 aromatic heterocycles. The number of oxime groups is 1. The van der Waals surface area contributed by atoms with Crippen LogP contribution in [0.3, 0.4) is 0 Å². The maximum Gasteiger partial charge on any atom is 0.353 e. The molecule has 2 aromatic rings. The quantitative estimate of drug-likeness (QED) is 0.683. The Hall–Kier alpha value is -3.68. The van der Waals surface area contributed by atoms with Crippen LogP contribution in [0.25, 0.3) is 0 Å². The Kier molecular flexibility index (Phi) is 6.46. The van der Waals surface area contributed by atoms with Crippen LogP contribution < -0.4 is 10.6 Å². The molecular weight excluding hydrogens is 386 g/mol. The van der Waals surface area contributed by atoms with Crippen molar-refractivity contribution < 1.29 is 24.0 Å².